The number of rotatable bonds is 4. The fourth-order valence-electron chi connectivity index (χ4n) is 2.18. The van der Waals surface area contributed by atoms with Crippen LogP contribution in [-0.2, 0) is 9.53 Å². The Kier molecular flexibility index (Phi) is 3.81. The molecule has 1 heterocycles. The molecule has 2 nitrogen and oxygen atoms in total. The SMILES string of the molecule is CCC1(CC)OC(c2ccc(SC)cc2)=CC1=O. The second-order valence-corrected chi connectivity index (χ2v) is 5.28. The van der Waals surface area contributed by atoms with E-state index in [0.717, 1.165) is 5.56 Å². The first kappa shape index (κ1) is 13.2. The molecule has 0 aromatic heterocycles. The predicted octanol–water partition coefficient (Wildman–Crippen LogP) is 3.91. The van der Waals surface area contributed by atoms with Crippen LogP contribution in [0.3, 0.4) is 0 Å². The second-order valence-electron chi connectivity index (χ2n) is 4.40. The summed E-state index contributed by atoms with van der Waals surface area (Å²) in [5.74, 6) is 0.799. The van der Waals surface area contributed by atoms with Crippen molar-refractivity contribution in [3.05, 3.63) is 35.9 Å². The van der Waals surface area contributed by atoms with E-state index < -0.39 is 5.60 Å². The molecule has 0 radical (unpaired) electrons. The number of carbonyl (C=O) groups excluding carboxylic acids is 1. The van der Waals surface area contributed by atoms with Crippen LogP contribution in [0.1, 0.15) is 32.3 Å². The molecule has 18 heavy (non-hydrogen) atoms. The van der Waals surface area contributed by atoms with Crippen LogP contribution in [0.4, 0.5) is 0 Å². The number of carbonyl (C=O) groups is 1. The fraction of sp³-hybridized carbons (Fsp3) is 0.400. The lowest BCUT2D eigenvalue weighted by Gasteiger charge is -2.25. The second kappa shape index (κ2) is 5.19. The molecule has 1 aliphatic heterocycles. The van der Waals surface area contributed by atoms with Gasteiger partial charge in [0, 0.05) is 16.5 Å². The van der Waals surface area contributed by atoms with Crippen LogP contribution < -0.4 is 0 Å². The van der Waals surface area contributed by atoms with Gasteiger partial charge in [0.2, 0.25) is 5.78 Å². The molecule has 0 unspecified atom stereocenters. The zero-order chi connectivity index (χ0) is 13.2. The van der Waals surface area contributed by atoms with Gasteiger partial charge in [-0.15, -0.1) is 11.8 Å². The first-order valence-electron chi connectivity index (χ1n) is 6.24. The molecule has 0 saturated heterocycles. The van der Waals surface area contributed by atoms with Crippen LogP contribution >= 0.6 is 11.8 Å². The quantitative estimate of drug-likeness (QED) is 0.770. The van der Waals surface area contributed by atoms with E-state index in [9.17, 15) is 4.79 Å². The highest BCUT2D eigenvalue weighted by atomic mass is 32.2. The van der Waals surface area contributed by atoms with Gasteiger partial charge in [-0.1, -0.05) is 26.0 Å². The third-order valence-corrected chi connectivity index (χ3v) is 4.28. The molecular weight excluding hydrogens is 244 g/mol. The molecule has 0 atom stereocenters. The Balaban J connectivity index is 2.25. The van der Waals surface area contributed by atoms with Crippen molar-refractivity contribution in [1.29, 1.82) is 0 Å². The zero-order valence-electron chi connectivity index (χ0n) is 11.0. The van der Waals surface area contributed by atoms with Gasteiger partial charge in [0.25, 0.3) is 0 Å². The zero-order valence-corrected chi connectivity index (χ0v) is 11.8. The Morgan fingerprint density at radius 1 is 1.17 bits per heavy atom. The summed E-state index contributed by atoms with van der Waals surface area (Å²) in [4.78, 5) is 13.3. The van der Waals surface area contributed by atoms with Gasteiger partial charge in [-0.2, -0.15) is 0 Å². The molecule has 1 aromatic carbocycles. The molecule has 0 saturated carbocycles. The summed E-state index contributed by atoms with van der Waals surface area (Å²) in [6, 6.07) is 8.11. The van der Waals surface area contributed by atoms with Crippen molar-refractivity contribution < 1.29 is 9.53 Å². The molecule has 0 N–H and O–H groups in total. The van der Waals surface area contributed by atoms with Gasteiger partial charge in [-0.3, -0.25) is 4.79 Å². The summed E-state index contributed by atoms with van der Waals surface area (Å²) in [6.45, 7) is 3.99. The third kappa shape index (κ3) is 2.19. The third-order valence-electron chi connectivity index (χ3n) is 3.53. The average Bonchev–Trinajstić information content (AvgIpc) is 2.76. The average molecular weight is 262 g/mol. The summed E-state index contributed by atoms with van der Waals surface area (Å²) in [5.41, 5.74) is 0.345. The minimum absolute atomic E-state index is 0.0939. The van der Waals surface area contributed by atoms with Gasteiger partial charge in [0.05, 0.1) is 0 Å². The summed E-state index contributed by atoms with van der Waals surface area (Å²) in [7, 11) is 0. The van der Waals surface area contributed by atoms with Crippen molar-refractivity contribution in [3.8, 4) is 0 Å². The number of ketones is 1. The van der Waals surface area contributed by atoms with Gasteiger partial charge in [0.1, 0.15) is 5.76 Å². The minimum Gasteiger partial charge on any atom is -0.478 e. The van der Waals surface area contributed by atoms with Crippen molar-refractivity contribution in [1.82, 2.24) is 0 Å². The molecular formula is C15H18O2S. The van der Waals surface area contributed by atoms with Crippen molar-refractivity contribution >= 4 is 23.3 Å². The van der Waals surface area contributed by atoms with Gasteiger partial charge < -0.3 is 4.74 Å². The largest absolute Gasteiger partial charge is 0.478 e. The van der Waals surface area contributed by atoms with E-state index in [2.05, 4.69) is 0 Å². The Bertz CT molecular complexity index is 470. The lowest BCUT2D eigenvalue weighted by molar-refractivity contribution is -0.129. The molecule has 0 bridgehead atoms. The lowest BCUT2D eigenvalue weighted by atomic mass is 9.93. The van der Waals surface area contributed by atoms with E-state index in [0.29, 0.717) is 18.6 Å². The molecule has 96 valence electrons. The van der Waals surface area contributed by atoms with Crippen molar-refractivity contribution in [3.63, 3.8) is 0 Å². The number of ether oxygens (including phenoxy) is 1. The van der Waals surface area contributed by atoms with Crippen LogP contribution in [-0.4, -0.2) is 17.6 Å². The van der Waals surface area contributed by atoms with E-state index in [-0.39, 0.29) is 5.78 Å². The smallest absolute Gasteiger partial charge is 0.202 e. The van der Waals surface area contributed by atoms with E-state index >= 15 is 0 Å². The minimum atomic E-state index is -0.631. The highest BCUT2D eigenvalue weighted by Crippen LogP contribution is 2.36. The van der Waals surface area contributed by atoms with Crippen LogP contribution in [0.2, 0.25) is 0 Å². The number of benzene rings is 1. The maximum Gasteiger partial charge on any atom is 0.202 e. The summed E-state index contributed by atoms with van der Waals surface area (Å²) < 4.78 is 5.92. The summed E-state index contributed by atoms with van der Waals surface area (Å²) >= 11 is 1.70. The highest BCUT2D eigenvalue weighted by molar-refractivity contribution is 7.98. The van der Waals surface area contributed by atoms with Gasteiger partial charge in [-0.05, 0) is 31.2 Å². The van der Waals surface area contributed by atoms with E-state index in [1.54, 1.807) is 17.8 Å². The molecule has 0 amide bonds. The molecule has 0 fully saturated rings. The van der Waals surface area contributed by atoms with Crippen LogP contribution in [0.25, 0.3) is 5.76 Å². The van der Waals surface area contributed by atoms with Gasteiger partial charge >= 0.3 is 0 Å². The van der Waals surface area contributed by atoms with Crippen molar-refractivity contribution in [2.45, 2.75) is 37.2 Å². The maximum absolute atomic E-state index is 12.1. The van der Waals surface area contributed by atoms with Crippen LogP contribution in [0, 0.1) is 0 Å². The highest BCUT2D eigenvalue weighted by Gasteiger charge is 2.41. The Labute approximate surface area is 112 Å². The molecule has 0 aliphatic carbocycles. The molecule has 2 rings (SSSR count). The van der Waals surface area contributed by atoms with Gasteiger partial charge in [-0.25, -0.2) is 0 Å². The predicted molar refractivity (Wildman–Crippen MR) is 75.6 cm³/mol. The van der Waals surface area contributed by atoms with E-state index in [1.165, 1.54) is 4.90 Å². The van der Waals surface area contributed by atoms with E-state index in [1.807, 2.05) is 44.4 Å². The van der Waals surface area contributed by atoms with Crippen molar-refractivity contribution in [2.75, 3.05) is 6.26 Å². The molecule has 3 heteroatoms. The van der Waals surface area contributed by atoms with Crippen LogP contribution in [0.15, 0.2) is 35.2 Å². The Hall–Kier alpha value is -1.22. The topological polar surface area (TPSA) is 26.3 Å². The lowest BCUT2D eigenvalue weighted by Crippen LogP contribution is -2.34. The number of thioether (sulfide) groups is 1. The number of hydrogen-bond acceptors (Lipinski definition) is 3. The van der Waals surface area contributed by atoms with E-state index in [4.69, 9.17) is 4.74 Å². The number of hydrogen-bond donors (Lipinski definition) is 0. The summed E-state index contributed by atoms with van der Waals surface area (Å²) in [5, 5.41) is 0. The van der Waals surface area contributed by atoms with Crippen LogP contribution in [0.5, 0.6) is 0 Å². The summed E-state index contributed by atoms with van der Waals surface area (Å²) in [6.07, 6.45) is 5.11. The monoisotopic (exact) mass is 262 g/mol. The Morgan fingerprint density at radius 2 is 1.78 bits per heavy atom. The Morgan fingerprint density at radius 3 is 2.22 bits per heavy atom. The standard InChI is InChI=1S/C15H18O2S/c1-4-15(5-2)14(16)10-13(17-15)11-6-8-12(18-3)9-7-11/h6-10H,4-5H2,1-3H3. The molecule has 0 spiro atoms. The first-order valence-corrected chi connectivity index (χ1v) is 7.47. The normalized spacial score (nSPS) is 17.5. The maximum atomic E-state index is 12.1. The first-order chi connectivity index (χ1) is 8.65. The fourth-order valence-corrected chi connectivity index (χ4v) is 2.59. The van der Waals surface area contributed by atoms with Gasteiger partial charge in [0.15, 0.2) is 5.60 Å². The molecule has 1 aliphatic rings. The van der Waals surface area contributed by atoms with Crippen molar-refractivity contribution in [2.24, 2.45) is 0 Å². The molecule has 1 aromatic rings.